The molecule has 112 valence electrons. The number of hydrogen-bond acceptors (Lipinski definition) is 5. The van der Waals surface area contributed by atoms with Crippen molar-refractivity contribution < 1.29 is 14.3 Å². The Kier molecular flexibility index (Phi) is 4.94. The summed E-state index contributed by atoms with van der Waals surface area (Å²) < 4.78 is 9.99. The number of nitrogens with two attached hydrogens (primary N) is 1. The van der Waals surface area contributed by atoms with Crippen molar-refractivity contribution in [1.82, 2.24) is 4.98 Å². The molecule has 3 N–H and O–H groups in total. The largest absolute Gasteiger partial charge is 0.492 e. The van der Waals surface area contributed by atoms with Crippen LogP contribution < -0.4 is 16.0 Å². The van der Waals surface area contributed by atoms with Gasteiger partial charge in [-0.15, -0.1) is 0 Å². The summed E-state index contributed by atoms with van der Waals surface area (Å²) in [7, 11) is 1.33. The minimum atomic E-state index is -0.333. The molecule has 2 aromatic rings. The first-order chi connectivity index (χ1) is 10.1. The van der Waals surface area contributed by atoms with E-state index in [1.54, 1.807) is 12.1 Å². The average Bonchev–Trinajstić information content (AvgIpc) is 2.50. The van der Waals surface area contributed by atoms with Gasteiger partial charge < -0.3 is 20.2 Å². The lowest BCUT2D eigenvalue weighted by Crippen LogP contribution is -2.14. The van der Waals surface area contributed by atoms with Crippen molar-refractivity contribution in [2.75, 3.05) is 20.3 Å². The molecule has 0 aliphatic carbocycles. The van der Waals surface area contributed by atoms with Crippen LogP contribution in [0, 0.1) is 0 Å². The van der Waals surface area contributed by atoms with Gasteiger partial charge in [-0.25, -0.2) is 0 Å². The lowest BCUT2D eigenvalue weighted by molar-refractivity contribution is -0.140. The smallest absolute Gasteiger partial charge is 0.305 e. The van der Waals surface area contributed by atoms with Gasteiger partial charge >= 0.3 is 5.97 Å². The molecular formula is C15H18N2O4. The summed E-state index contributed by atoms with van der Waals surface area (Å²) >= 11 is 0. The molecule has 21 heavy (non-hydrogen) atoms. The van der Waals surface area contributed by atoms with Crippen molar-refractivity contribution in [1.29, 1.82) is 0 Å². The second-order valence-electron chi connectivity index (χ2n) is 4.59. The number of benzene rings is 1. The first kappa shape index (κ1) is 15.1. The van der Waals surface area contributed by atoms with Gasteiger partial charge in [-0.05, 0) is 30.0 Å². The van der Waals surface area contributed by atoms with Gasteiger partial charge in [0, 0.05) is 24.6 Å². The van der Waals surface area contributed by atoms with E-state index in [-0.39, 0.29) is 17.9 Å². The van der Waals surface area contributed by atoms with Crippen LogP contribution in [0.25, 0.3) is 10.9 Å². The average molecular weight is 290 g/mol. The number of ether oxygens (including phenoxy) is 2. The van der Waals surface area contributed by atoms with E-state index in [0.29, 0.717) is 36.4 Å². The number of rotatable bonds is 6. The Labute approximate surface area is 121 Å². The molecule has 6 nitrogen and oxygen atoms in total. The number of carbonyl (C=O) groups is 1. The number of aromatic amines is 1. The Balaban J connectivity index is 2.25. The van der Waals surface area contributed by atoms with Crippen molar-refractivity contribution in [2.24, 2.45) is 5.73 Å². The molecule has 0 aliphatic heterocycles. The highest BCUT2D eigenvalue weighted by molar-refractivity contribution is 5.80. The van der Waals surface area contributed by atoms with Crippen LogP contribution in [0.5, 0.6) is 5.75 Å². The van der Waals surface area contributed by atoms with Crippen molar-refractivity contribution in [3.05, 3.63) is 40.2 Å². The number of hydrogen-bond donors (Lipinski definition) is 2. The third-order valence-electron chi connectivity index (χ3n) is 3.11. The number of nitrogens with one attached hydrogen (secondary N) is 1. The third-order valence-corrected chi connectivity index (χ3v) is 3.11. The third kappa shape index (κ3) is 3.82. The fourth-order valence-corrected chi connectivity index (χ4v) is 2.02. The highest BCUT2D eigenvalue weighted by atomic mass is 16.5. The van der Waals surface area contributed by atoms with E-state index in [2.05, 4.69) is 9.72 Å². The topological polar surface area (TPSA) is 94.4 Å². The number of esters is 1. The molecule has 2 rings (SSSR count). The number of aryl methyl sites for hydroxylation is 1. The second-order valence-corrected chi connectivity index (χ2v) is 4.59. The van der Waals surface area contributed by atoms with Crippen LogP contribution in [0.2, 0.25) is 0 Å². The maximum Gasteiger partial charge on any atom is 0.305 e. The number of H-pyrrole nitrogens is 1. The molecule has 0 amide bonds. The van der Waals surface area contributed by atoms with E-state index in [1.165, 1.54) is 7.11 Å². The zero-order chi connectivity index (χ0) is 15.2. The minimum Gasteiger partial charge on any atom is -0.492 e. The molecule has 0 atom stereocenters. The quantitative estimate of drug-likeness (QED) is 0.773. The Morgan fingerprint density at radius 2 is 2.14 bits per heavy atom. The number of pyridine rings is 1. The van der Waals surface area contributed by atoms with Gasteiger partial charge in [0.15, 0.2) is 0 Å². The predicted octanol–water partition coefficient (Wildman–Crippen LogP) is 0.971. The van der Waals surface area contributed by atoms with Crippen LogP contribution in [0.4, 0.5) is 0 Å². The number of carbonyl (C=O) groups excluding carboxylic acids is 1. The van der Waals surface area contributed by atoms with E-state index in [0.717, 1.165) is 5.39 Å². The van der Waals surface area contributed by atoms with Crippen molar-refractivity contribution in [2.45, 2.75) is 12.8 Å². The summed E-state index contributed by atoms with van der Waals surface area (Å²) in [6.07, 6.45) is 0.534. The van der Waals surface area contributed by atoms with Crippen LogP contribution in [0.15, 0.2) is 29.1 Å². The SMILES string of the molecule is COC(=O)CCc1cc2ccc(OCCN)cc2[nH]c1=O. The molecular weight excluding hydrogens is 272 g/mol. The molecule has 0 spiro atoms. The zero-order valence-electron chi connectivity index (χ0n) is 11.8. The fraction of sp³-hybridized carbons (Fsp3) is 0.333. The van der Waals surface area contributed by atoms with Gasteiger partial charge in [0.25, 0.3) is 5.56 Å². The Hall–Kier alpha value is -2.34. The second kappa shape index (κ2) is 6.90. The molecule has 0 radical (unpaired) electrons. The van der Waals surface area contributed by atoms with Gasteiger partial charge in [0.1, 0.15) is 12.4 Å². The number of methoxy groups -OCH3 is 1. The van der Waals surface area contributed by atoms with Crippen LogP contribution in [-0.2, 0) is 16.0 Å². The van der Waals surface area contributed by atoms with Crippen LogP contribution in [0.3, 0.4) is 0 Å². The molecule has 0 unspecified atom stereocenters. The molecule has 6 heteroatoms. The van der Waals surface area contributed by atoms with E-state index in [9.17, 15) is 9.59 Å². The van der Waals surface area contributed by atoms with E-state index >= 15 is 0 Å². The van der Waals surface area contributed by atoms with Gasteiger partial charge in [0.05, 0.1) is 12.6 Å². The van der Waals surface area contributed by atoms with E-state index < -0.39 is 0 Å². The Morgan fingerprint density at radius 1 is 1.33 bits per heavy atom. The zero-order valence-corrected chi connectivity index (χ0v) is 11.8. The lowest BCUT2D eigenvalue weighted by Gasteiger charge is -2.07. The lowest BCUT2D eigenvalue weighted by atomic mass is 10.1. The molecule has 1 aromatic heterocycles. The summed E-state index contributed by atoms with van der Waals surface area (Å²) in [6, 6.07) is 7.22. The van der Waals surface area contributed by atoms with Crippen LogP contribution >= 0.6 is 0 Å². The molecule has 0 aliphatic rings. The summed E-state index contributed by atoms with van der Waals surface area (Å²) in [6.45, 7) is 0.855. The minimum absolute atomic E-state index is 0.183. The van der Waals surface area contributed by atoms with Crippen LogP contribution in [-0.4, -0.2) is 31.2 Å². The van der Waals surface area contributed by atoms with Crippen molar-refractivity contribution in [3.63, 3.8) is 0 Å². The van der Waals surface area contributed by atoms with Gasteiger partial charge in [-0.3, -0.25) is 9.59 Å². The predicted molar refractivity (Wildman–Crippen MR) is 79.5 cm³/mol. The molecule has 1 aromatic carbocycles. The molecule has 0 saturated carbocycles. The Morgan fingerprint density at radius 3 is 2.86 bits per heavy atom. The number of fused-ring (bicyclic) bond motifs is 1. The first-order valence-electron chi connectivity index (χ1n) is 6.69. The van der Waals surface area contributed by atoms with Crippen molar-refractivity contribution >= 4 is 16.9 Å². The molecule has 1 heterocycles. The highest BCUT2D eigenvalue weighted by Crippen LogP contribution is 2.19. The van der Waals surface area contributed by atoms with Crippen molar-refractivity contribution in [3.8, 4) is 5.75 Å². The summed E-state index contributed by atoms with van der Waals surface area (Å²) in [5.74, 6) is 0.325. The summed E-state index contributed by atoms with van der Waals surface area (Å²) in [5, 5.41) is 0.884. The molecule has 0 fully saturated rings. The fourth-order valence-electron chi connectivity index (χ4n) is 2.02. The van der Waals surface area contributed by atoms with Gasteiger partial charge in [0.2, 0.25) is 0 Å². The normalized spacial score (nSPS) is 10.6. The monoisotopic (exact) mass is 290 g/mol. The number of aromatic nitrogens is 1. The van der Waals surface area contributed by atoms with Gasteiger partial charge in [-0.2, -0.15) is 0 Å². The molecule has 0 saturated heterocycles. The maximum absolute atomic E-state index is 12.0. The highest BCUT2D eigenvalue weighted by Gasteiger charge is 2.07. The summed E-state index contributed by atoms with van der Waals surface area (Å²) in [5.41, 5.74) is 6.43. The molecule has 0 bridgehead atoms. The maximum atomic E-state index is 12.0. The van der Waals surface area contributed by atoms with Crippen LogP contribution in [0.1, 0.15) is 12.0 Å². The first-order valence-corrected chi connectivity index (χ1v) is 6.69. The van der Waals surface area contributed by atoms with Gasteiger partial charge in [-0.1, -0.05) is 0 Å². The van der Waals surface area contributed by atoms with E-state index in [1.807, 2.05) is 12.1 Å². The summed E-state index contributed by atoms with van der Waals surface area (Å²) in [4.78, 5) is 25.9. The van der Waals surface area contributed by atoms with E-state index in [4.69, 9.17) is 10.5 Å². The Bertz CT molecular complexity index is 694. The standard InChI is InChI=1S/C15H18N2O4/c1-20-14(18)5-3-11-8-10-2-4-12(21-7-6-16)9-13(10)17-15(11)19/h2,4,8-9H,3,5-7,16H2,1H3,(H,17,19).